The van der Waals surface area contributed by atoms with Crippen molar-refractivity contribution >= 4 is 39.3 Å². The van der Waals surface area contributed by atoms with E-state index in [4.69, 9.17) is 16.0 Å². The molecule has 0 unspecified atom stereocenters. The Kier molecular flexibility index (Phi) is 7.08. The van der Waals surface area contributed by atoms with E-state index in [0.717, 1.165) is 10.2 Å². The van der Waals surface area contributed by atoms with E-state index in [9.17, 15) is 22.4 Å². The molecular formula is C21H15BrClF4N5O2. The van der Waals surface area contributed by atoms with Crippen LogP contribution in [0.1, 0.15) is 46.1 Å². The van der Waals surface area contributed by atoms with Crippen LogP contribution in [-0.4, -0.2) is 25.5 Å². The van der Waals surface area contributed by atoms with Crippen LogP contribution >= 0.6 is 27.5 Å². The molecule has 0 saturated heterocycles. The highest BCUT2D eigenvalue weighted by molar-refractivity contribution is 9.10. The van der Waals surface area contributed by atoms with E-state index >= 15 is 0 Å². The number of aromatic nitrogens is 4. The Morgan fingerprint density at radius 1 is 1.09 bits per heavy atom. The largest absolute Gasteiger partial charge is 0.454 e. The van der Waals surface area contributed by atoms with E-state index in [1.54, 1.807) is 16.9 Å². The van der Waals surface area contributed by atoms with Crippen LogP contribution in [0, 0.1) is 0 Å². The number of nitrogens with one attached hydrogen (secondary N) is 1. The molecule has 7 nitrogen and oxygen atoms in total. The summed E-state index contributed by atoms with van der Waals surface area (Å²) in [5.41, 5.74) is -0.604. The van der Waals surface area contributed by atoms with Gasteiger partial charge in [0, 0.05) is 11.2 Å². The Balaban J connectivity index is 1.45. The van der Waals surface area contributed by atoms with E-state index in [2.05, 4.69) is 31.4 Å². The second-order valence-electron chi connectivity index (χ2n) is 7.09. The van der Waals surface area contributed by atoms with Gasteiger partial charge in [0.2, 0.25) is 0 Å². The summed E-state index contributed by atoms with van der Waals surface area (Å²) < 4.78 is 60.2. The number of anilines is 1. The maximum absolute atomic E-state index is 13.2. The van der Waals surface area contributed by atoms with E-state index in [1.165, 1.54) is 12.1 Å². The van der Waals surface area contributed by atoms with Gasteiger partial charge in [0.15, 0.2) is 11.6 Å². The van der Waals surface area contributed by atoms with Crippen LogP contribution < -0.4 is 5.32 Å². The number of alkyl halides is 4. The first-order chi connectivity index (χ1) is 16.2. The molecule has 1 amide bonds. The molecule has 4 aromatic rings. The van der Waals surface area contributed by atoms with Crippen LogP contribution in [0.15, 0.2) is 57.6 Å². The van der Waals surface area contributed by atoms with Gasteiger partial charge in [-0.1, -0.05) is 29.8 Å². The predicted molar refractivity (Wildman–Crippen MR) is 118 cm³/mol. The van der Waals surface area contributed by atoms with Crippen molar-refractivity contribution in [3.63, 3.8) is 0 Å². The highest BCUT2D eigenvalue weighted by atomic mass is 79.9. The smallest absolute Gasteiger partial charge is 0.292 e. The third-order valence-electron chi connectivity index (χ3n) is 4.71. The summed E-state index contributed by atoms with van der Waals surface area (Å²) in [7, 11) is 0. The lowest BCUT2D eigenvalue weighted by molar-refractivity contribution is 0.0993. The fraction of sp³-hybridized carbons (Fsp3) is 0.190. The fourth-order valence-corrected chi connectivity index (χ4v) is 3.74. The molecule has 3 aromatic heterocycles. The summed E-state index contributed by atoms with van der Waals surface area (Å²) in [6, 6.07) is 10.6. The minimum Gasteiger partial charge on any atom is -0.454 e. The van der Waals surface area contributed by atoms with Gasteiger partial charge in [0.05, 0.1) is 17.6 Å². The summed E-state index contributed by atoms with van der Waals surface area (Å²) in [6.45, 7) is 0.0197. The van der Waals surface area contributed by atoms with Crippen LogP contribution in [-0.2, 0) is 13.1 Å². The highest BCUT2D eigenvalue weighted by Crippen LogP contribution is 2.27. The topological polar surface area (TPSA) is 77.9 Å². The van der Waals surface area contributed by atoms with Crippen molar-refractivity contribution in [2.24, 2.45) is 0 Å². The molecule has 0 radical (unpaired) electrons. The molecule has 1 aromatic carbocycles. The Morgan fingerprint density at radius 3 is 2.56 bits per heavy atom. The number of halogens is 6. The molecule has 4 rings (SSSR count). The molecule has 0 saturated carbocycles. The highest BCUT2D eigenvalue weighted by Gasteiger charge is 2.22. The van der Waals surface area contributed by atoms with Gasteiger partial charge in [-0.15, -0.1) is 0 Å². The zero-order chi connectivity index (χ0) is 24.4. The summed E-state index contributed by atoms with van der Waals surface area (Å²) in [5, 5.41) is 11.0. The van der Waals surface area contributed by atoms with Gasteiger partial charge < -0.3 is 9.73 Å². The van der Waals surface area contributed by atoms with Gasteiger partial charge in [-0.2, -0.15) is 10.2 Å². The second-order valence-corrected chi connectivity index (χ2v) is 8.35. The number of nitrogens with zero attached hydrogens (tertiary/aromatic N) is 4. The standard InChI is InChI=1S/C21H15BrClF4N5O2/c22-13-10-31(8-11-3-1-2-4-14(11)23)30-20(13)28-21(33)17-6-5-12(34-17)9-32-16(19(26)27)7-15(29-32)18(24)25/h1-7,10,18-19H,8-9H2,(H,28,30,33). The number of hydrogen-bond acceptors (Lipinski definition) is 4. The van der Waals surface area contributed by atoms with Crippen molar-refractivity contribution in [3.8, 4) is 0 Å². The average Bonchev–Trinajstić information content (AvgIpc) is 3.50. The van der Waals surface area contributed by atoms with E-state index < -0.39 is 30.1 Å². The molecule has 0 aliphatic carbocycles. The minimum absolute atomic E-state index is 0.0827. The minimum atomic E-state index is -3.00. The number of carbonyl (C=O) groups excluding carboxylic acids is 1. The molecule has 0 bridgehead atoms. The molecule has 13 heteroatoms. The summed E-state index contributed by atoms with van der Waals surface area (Å²) in [5.74, 6) is -0.455. The number of benzene rings is 1. The maximum atomic E-state index is 13.2. The first-order valence-corrected chi connectivity index (χ1v) is 10.9. The van der Waals surface area contributed by atoms with Crippen LogP contribution in [0.2, 0.25) is 5.02 Å². The monoisotopic (exact) mass is 559 g/mol. The fourth-order valence-electron chi connectivity index (χ4n) is 3.13. The Labute approximate surface area is 203 Å². The lowest BCUT2D eigenvalue weighted by Crippen LogP contribution is -2.12. The zero-order valence-electron chi connectivity index (χ0n) is 17.1. The summed E-state index contributed by atoms with van der Waals surface area (Å²) >= 11 is 9.50. The molecule has 0 atom stereocenters. The molecule has 178 valence electrons. The van der Waals surface area contributed by atoms with Crippen LogP contribution in [0.4, 0.5) is 23.4 Å². The van der Waals surface area contributed by atoms with Gasteiger partial charge in [0.1, 0.15) is 17.1 Å². The van der Waals surface area contributed by atoms with E-state index in [-0.39, 0.29) is 23.9 Å². The normalized spacial score (nSPS) is 11.5. The van der Waals surface area contributed by atoms with Crippen molar-refractivity contribution in [2.45, 2.75) is 25.9 Å². The van der Waals surface area contributed by atoms with Crippen molar-refractivity contribution in [2.75, 3.05) is 5.32 Å². The summed E-state index contributed by atoms with van der Waals surface area (Å²) in [6.07, 6.45) is -4.33. The third kappa shape index (κ3) is 5.33. The van der Waals surface area contributed by atoms with Gasteiger partial charge >= 0.3 is 0 Å². The lowest BCUT2D eigenvalue weighted by atomic mass is 10.2. The van der Waals surface area contributed by atoms with Crippen LogP contribution in [0.5, 0.6) is 0 Å². The number of hydrogen-bond donors (Lipinski definition) is 1. The van der Waals surface area contributed by atoms with Gasteiger partial charge in [-0.25, -0.2) is 17.6 Å². The molecule has 0 spiro atoms. The van der Waals surface area contributed by atoms with E-state index in [1.807, 2.05) is 18.2 Å². The number of amides is 1. The van der Waals surface area contributed by atoms with E-state index in [0.29, 0.717) is 22.1 Å². The Hall–Kier alpha value is -3.12. The molecule has 0 aliphatic rings. The first kappa shape index (κ1) is 24.0. The maximum Gasteiger partial charge on any atom is 0.292 e. The zero-order valence-corrected chi connectivity index (χ0v) is 19.4. The number of carbonyl (C=O) groups is 1. The molecular weight excluding hydrogens is 546 g/mol. The van der Waals surface area contributed by atoms with Gasteiger partial charge in [-0.05, 0) is 45.8 Å². The number of furan rings is 1. The summed E-state index contributed by atoms with van der Waals surface area (Å²) in [4.78, 5) is 12.6. The first-order valence-electron chi connectivity index (χ1n) is 9.71. The van der Waals surface area contributed by atoms with Crippen molar-refractivity contribution < 1.29 is 26.8 Å². The Bertz CT molecular complexity index is 1320. The number of rotatable bonds is 8. The predicted octanol–water partition coefficient (Wildman–Crippen LogP) is 6.31. The molecule has 34 heavy (non-hydrogen) atoms. The molecule has 0 aliphatic heterocycles. The molecule has 1 N–H and O–H groups in total. The second kappa shape index (κ2) is 10.0. The molecule has 3 heterocycles. The van der Waals surface area contributed by atoms with Gasteiger partial charge in [0.25, 0.3) is 18.8 Å². The lowest BCUT2D eigenvalue weighted by Gasteiger charge is -2.05. The van der Waals surface area contributed by atoms with Crippen LogP contribution in [0.25, 0.3) is 0 Å². The van der Waals surface area contributed by atoms with Crippen molar-refractivity contribution in [1.82, 2.24) is 19.6 Å². The van der Waals surface area contributed by atoms with Crippen LogP contribution in [0.3, 0.4) is 0 Å². The Morgan fingerprint density at radius 2 is 1.85 bits per heavy atom. The average molecular weight is 561 g/mol. The molecule has 0 fully saturated rings. The third-order valence-corrected chi connectivity index (χ3v) is 5.66. The van der Waals surface area contributed by atoms with Gasteiger partial charge in [-0.3, -0.25) is 14.2 Å². The van der Waals surface area contributed by atoms with Crippen molar-refractivity contribution in [3.05, 3.63) is 86.6 Å². The SMILES string of the molecule is O=C(Nc1nn(Cc2ccccc2Cl)cc1Br)c1ccc(Cn2nc(C(F)F)cc2C(F)F)o1. The van der Waals surface area contributed by atoms with Crippen molar-refractivity contribution in [1.29, 1.82) is 0 Å². The quantitative estimate of drug-likeness (QED) is 0.256.